The van der Waals surface area contributed by atoms with Gasteiger partial charge < -0.3 is 14.8 Å². The lowest BCUT2D eigenvalue weighted by molar-refractivity contribution is 0.0676. The molecule has 0 aromatic heterocycles. The lowest BCUT2D eigenvalue weighted by Crippen LogP contribution is -2.18. The summed E-state index contributed by atoms with van der Waals surface area (Å²) in [4.78, 5) is 0. The smallest absolute Gasteiger partial charge is 0.124 e. The molecule has 0 amide bonds. The Hall–Kier alpha value is -1.58. The molecule has 21 heavy (non-hydrogen) atoms. The standard InChI is InChI=1S/C18H23NO2/c1-2-19-12-17-16-8-4-3-6-14(16)9-10-18(17)21-13-15-7-5-11-20-15/h3-4,6,8-10,15,19H,2,5,7,11-13H2,1H3. The Kier molecular flexibility index (Phi) is 4.73. The molecule has 0 spiro atoms. The zero-order valence-electron chi connectivity index (χ0n) is 12.6. The third-order valence-electron chi connectivity index (χ3n) is 4.00. The molecule has 2 aromatic carbocycles. The van der Waals surface area contributed by atoms with Crippen molar-refractivity contribution in [3.05, 3.63) is 42.0 Å². The van der Waals surface area contributed by atoms with E-state index >= 15 is 0 Å². The summed E-state index contributed by atoms with van der Waals surface area (Å²) >= 11 is 0. The predicted octanol–water partition coefficient (Wildman–Crippen LogP) is 3.51. The summed E-state index contributed by atoms with van der Waals surface area (Å²) in [6.45, 7) is 5.43. The number of hydrogen-bond donors (Lipinski definition) is 1. The van der Waals surface area contributed by atoms with Crippen LogP contribution in [0.5, 0.6) is 5.75 Å². The summed E-state index contributed by atoms with van der Waals surface area (Å²) in [6.07, 6.45) is 2.51. The molecule has 0 saturated carbocycles. The van der Waals surface area contributed by atoms with Crippen molar-refractivity contribution in [1.82, 2.24) is 5.32 Å². The van der Waals surface area contributed by atoms with E-state index in [9.17, 15) is 0 Å². The van der Waals surface area contributed by atoms with Gasteiger partial charge in [0.15, 0.2) is 0 Å². The molecule has 0 radical (unpaired) electrons. The average molecular weight is 285 g/mol. The van der Waals surface area contributed by atoms with Gasteiger partial charge in [0.25, 0.3) is 0 Å². The number of nitrogens with one attached hydrogen (secondary N) is 1. The van der Waals surface area contributed by atoms with Gasteiger partial charge in [0.05, 0.1) is 6.10 Å². The third-order valence-corrected chi connectivity index (χ3v) is 4.00. The van der Waals surface area contributed by atoms with E-state index in [0.717, 1.165) is 38.3 Å². The summed E-state index contributed by atoms with van der Waals surface area (Å²) < 4.78 is 11.7. The molecule has 1 atom stereocenters. The molecule has 1 aliphatic rings. The van der Waals surface area contributed by atoms with Crippen LogP contribution in [-0.4, -0.2) is 25.9 Å². The van der Waals surface area contributed by atoms with Crippen LogP contribution < -0.4 is 10.1 Å². The summed E-state index contributed by atoms with van der Waals surface area (Å²) in [5.74, 6) is 0.977. The van der Waals surface area contributed by atoms with Crippen LogP contribution in [0, 0.1) is 0 Å². The number of ether oxygens (including phenoxy) is 2. The maximum absolute atomic E-state index is 6.06. The molecule has 1 fully saturated rings. The monoisotopic (exact) mass is 285 g/mol. The molecule has 3 nitrogen and oxygen atoms in total. The second-order valence-corrected chi connectivity index (χ2v) is 5.49. The fourth-order valence-corrected chi connectivity index (χ4v) is 2.84. The van der Waals surface area contributed by atoms with E-state index in [1.165, 1.54) is 16.3 Å². The lowest BCUT2D eigenvalue weighted by Gasteiger charge is -2.17. The molecule has 112 valence electrons. The van der Waals surface area contributed by atoms with E-state index in [1.54, 1.807) is 0 Å². The summed E-state index contributed by atoms with van der Waals surface area (Å²) in [5.41, 5.74) is 1.24. The highest BCUT2D eigenvalue weighted by Gasteiger charge is 2.17. The first-order valence-electron chi connectivity index (χ1n) is 7.84. The van der Waals surface area contributed by atoms with Gasteiger partial charge in [0, 0.05) is 18.7 Å². The molecule has 3 rings (SSSR count). The van der Waals surface area contributed by atoms with Crippen LogP contribution in [0.4, 0.5) is 0 Å². The second-order valence-electron chi connectivity index (χ2n) is 5.49. The molecule has 2 aromatic rings. The Morgan fingerprint density at radius 2 is 2.14 bits per heavy atom. The van der Waals surface area contributed by atoms with Crippen LogP contribution in [0.25, 0.3) is 10.8 Å². The first-order valence-corrected chi connectivity index (χ1v) is 7.84. The molecule has 1 saturated heterocycles. The van der Waals surface area contributed by atoms with Crippen molar-refractivity contribution in [1.29, 1.82) is 0 Å². The first-order chi connectivity index (χ1) is 10.4. The van der Waals surface area contributed by atoms with Gasteiger partial charge in [-0.15, -0.1) is 0 Å². The highest BCUT2D eigenvalue weighted by molar-refractivity contribution is 5.87. The molecule has 1 aliphatic heterocycles. The second kappa shape index (κ2) is 6.92. The van der Waals surface area contributed by atoms with Crippen LogP contribution >= 0.6 is 0 Å². The minimum absolute atomic E-state index is 0.253. The third kappa shape index (κ3) is 3.36. The Balaban J connectivity index is 1.84. The molecule has 1 N–H and O–H groups in total. The average Bonchev–Trinajstić information content (AvgIpc) is 3.04. The van der Waals surface area contributed by atoms with Crippen molar-refractivity contribution < 1.29 is 9.47 Å². The minimum Gasteiger partial charge on any atom is -0.491 e. The van der Waals surface area contributed by atoms with E-state index < -0.39 is 0 Å². The zero-order chi connectivity index (χ0) is 14.5. The van der Waals surface area contributed by atoms with Gasteiger partial charge in [0.2, 0.25) is 0 Å². The van der Waals surface area contributed by atoms with Gasteiger partial charge >= 0.3 is 0 Å². The fraction of sp³-hybridized carbons (Fsp3) is 0.444. The normalized spacial score (nSPS) is 18.2. The van der Waals surface area contributed by atoms with Crippen molar-refractivity contribution in [3.63, 3.8) is 0 Å². The Bertz CT molecular complexity index is 591. The van der Waals surface area contributed by atoms with Gasteiger partial charge in [-0.2, -0.15) is 0 Å². The van der Waals surface area contributed by atoms with Gasteiger partial charge in [-0.3, -0.25) is 0 Å². The highest BCUT2D eigenvalue weighted by atomic mass is 16.5. The van der Waals surface area contributed by atoms with Crippen molar-refractivity contribution in [2.75, 3.05) is 19.8 Å². The van der Waals surface area contributed by atoms with Crippen LogP contribution in [-0.2, 0) is 11.3 Å². The lowest BCUT2D eigenvalue weighted by atomic mass is 10.0. The summed E-state index contributed by atoms with van der Waals surface area (Å²) in [6, 6.07) is 12.7. The van der Waals surface area contributed by atoms with E-state index in [2.05, 4.69) is 48.6 Å². The van der Waals surface area contributed by atoms with E-state index in [0.29, 0.717) is 6.61 Å². The largest absolute Gasteiger partial charge is 0.491 e. The van der Waals surface area contributed by atoms with Crippen LogP contribution in [0.1, 0.15) is 25.3 Å². The van der Waals surface area contributed by atoms with Crippen molar-refractivity contribution in [3.8, 4) is 5.75 Å². The molecular formula is C18H23NO2. The Morgan fingerprint density at radius 3 is 2.95 bits per heavy atom. The fourth-order valence-electron chi connectivity index (χ4n) is 2.84. The van der Waals surface area contributed by atoms with Crippen molar-refractivity contribution in [2.24, 2.45) is 0 Å². The summed E-state index contributed by atoms with van der Waals surface area (Å²) in [5, 5.41) is 5.94. The molecular weight excluding hydrogens is 262 g/mol. The number of hydrogen-bond acceptors (Lipinski definition) is 3. The van der Waals surface area contributed by atoms with Crippen molar-refractivity contribution >= 4 is 10.8 Å². The molecule has 1 unspecified atom stereocenters. The number of rotatable bonds is 6. The quantitative estimate of drug-likeness (QED) is 0.881. The summed E-state index contributed by atoms with van der Waals surface area (Å²) in [7, 11) is 0. The van der Waals surface area contributed by atoms with Crippen LogP contribution in [0.2, 0.25) is 0 Å². The molecule has 0 aliphatic carbocycles. The molecule has 3 heteroatoms. The van der Waals surface area contributed by atoms with Gasteiger partial charge in [-0.05, 0) is 36.2 Å². The van der Waals surface area contributed by atoms with Gasteiger partial charge in [-0.1, -0.05) is 37.3 Å². The maximum atomic E-state index is 6.06. The van der Waals surface area contributed by atoms with E-state index in [1.807, 2.05) is 0 Å². The van der Waals surface area contributed by atoms with Gasteiger partial charge in [-0.25, -0.2) is 0 Å². The maximum Gasteiger partial charge on any atom is 0.124 e. The highest BCUT2D eigenvalue weighted by Crippen LogP contribution is 2.28. The molecule has 0 bridgehead atoms. The predicted molar refractivity (Wildman–Crippen MR) is 85.8 cm³/mol. The minimum atomic E-state index is 0.253. The Morgan fingerprint density at radius 1 is 1.24 bits per heavy atom. The first kappa shape index (κ1) is 14.4. The number of fused-ring (bicyclic) bond motifs is 1. The van der Waals surface area contributed by atoms with Gasteiger partial charge in [0.1, 0.15) is 12.4 Å². The van der Waals surface area contributed by atoms with Crippen LogP contribution in [0.15, 0.2) is 36.4 Å². The van der Waals surface area contributed by atoms with E-state index in [-0.39, 0.29) is 6.10 Å². The Labute approximate surface area is 126 Å². The SMILES string of the molecule is CCNCc1c(OCC2CCCO2)ccc2ccccc12. The zero-order valence-corrected chi connectivity index (χ0v) is 12.6. The molecule has 1 heterocycles. The van der Waals surface area contributed by atoms with Crippen LogP contribution in [0.3, 0.4) is 0 Å². The van der Waals surface area contributed by atoms with Crippen molar-refractivity contribution in [2.45, 2.75) is 32.4 Å². The van der Waals surface area contributed by atoms with E-state index in [4.69, 9.17) is 9.47 Å². The number of benzene rings is 2. The topological polar surface area (TPSA) is 30.5 Å².